The molecular formula is C18H16FN3O3S. The largest absolute Gasteiger partial charge is 0.459 e. The van der Waals surface area contributed by atoms with Crippen LogP contribution in [0.1, 0.15) is 28.2 Å². The van der Waals surface area contributed by atoms with Gasteiger partial charge in [0.1, 0.15) is 5.82 Å². The monoisotopic (exact) mass is 373 g/mol. The van der Waals surface area contributed by atoms with Crippen LogP contribution in [0.25, 0.3) is 0 Å². The minimum atomic E-state index is -0.380. The molecule has 2 heterocycles. The van der Waals surface area contributed by atoms with E-state index in [0.717, 1.165) is 0 Å². The molecule has 0 bridgehead atoms. The number of nitrogens with one attached hydrogen (secondary N) is 2. The Morgan fingerprint density at radius 1 is 1.27 bits per heavy atom. The molecule has 3 aromatic rings. The van der Waals surface area contributed by atoms with E-state index in [-0.39, 0.29) is 29.8 Å². The van der Waals surface area contributed by atoms with Crippen molar-refractivity contribution in [2.24, 2.45) is 0 Å². The van der Waals surface area contributed by atoms with Crippen LogP contribution in [0.3, 0.4) is 0 Å². The van der Waals surface area contributed by atoms with Gasteiger partial charge in [-0.3, -0.25) is 14.9 Å². The van der Waals surface area contributed by atoms with Crippen molar-refractivity contribution >= 4 is 34.0 Å². The van der Waals surface area contributed by atoms with Crippen LogP contribution >= 0.6 is 11.3 Å². The molecule has 0 aliphatic rings. The minimum absolute atomic E-state index is 0.199. The Bertz CT molecular complexity index is 922. The quantitative estimate of drug-likeness (QED) is 0.684. The van der Waals surface area contributed by atoms with Crippen molar-refractivity contribution in [1.82, 2.24) is 4.98 Å². The predicted molar refractivity (Wildman–Crippen MR) is 96.9 cm³/mol. The highest BCUT2D eigenvalue weighted by molar-refractivity contribution is 7.13. The van der Waals surface area contributed by atoms with Crippen molar-refractivity contribution in [2.75, 3.05) is 10.6 Å². The number of benzene rings is 1. The zero-order valence-corrected chi connectivity index (χ0v) is 14.7. The number of anilines is 2. The number of carbonyl (C=O) groups is 2. The number of amides is 2. The lowest BCUT2D eigenvalue weighted by atomic mass is 10.2. The van der Waals surface area contributed by atoms with Crippen LogP contribution in [0.15, 0.2) is 46.4 Å². The molecule has 0 atom stereocenters. The SMILES string of the molecule is Cc1ccc(NC(=O)CCc2csc(NC(=O)c3ccco3)n2)cc1F. The first kappa shape index (κ1) is 17.8. The summed E-state index contributed by atoms with van der Waals surface area (Å²) in [6.07, 6.45) is 2.03. The highest BCUT2D eigenvalue weighted by atomic mass is 32.1. The van der Waals surface area contributed by atoms with Gasteiger partial charge in [-0.25, -0.2) is 9.37 Å². The van der Waals surface area contributed by atoms with Crippen LogP contribution in [0.5, 0.6) is 0 Å². The molecule has 6 nitrogen and oxygen atoms in total. The van der Waals surface area contributed by atoms with E-state index in [4.69, 9.17) is 4.42 Å². The maximum Gasteiger partial charge on any atom is 0.293 e. The van der Waals surface area contributed by atoms with Gasteiger partial charge in [0.15, 0.2) is 10.9 Å². The van der Waals surface area contributed by atoms with Gasteiger partial charge in [0.05, 0.1) is 12.0 Å². The van der Waals surface area contributed by atoms with Crippen LogP contribution in [0.4, 0.5) is 15.2 Å². The Labute approximate surface area is 153 Å². The number of rotatable bonds is 6. The molecule has 2 N–H and O–H groups in total. The molecule has 2 amide bonds. The molecule has 0 unspecified atom stereocenters. The molecule has 0 aliphatic carbocycles. The molecule has 0 fully saturated rings. The fraction of sp³-hybridized carbons (Fsp3) is 0.167. The third-order valence-electron chi connectivity index (χ3n) is 3.58. The lowest BCUT2D eigenvalue weighted by Gasteiger charge is -2.05. The normalized spacial score (nSPS) is 10.5. The Balaban J connectivity index is 1.50. The second kappa shape index (κ2) is 7.92. The predicted octanol–water partition coefficient (Wildman–Crippen LogP) is 4.01. The van der Waals surface area contributed by atoms with Gasteiger partial charge < -0.3 is 9.73 Å². The van der Waals surface area contributed by atoms with Gasteiger partial charge in [-0.1, -0.05) is 6.07 Å². The average molecular weight is 373 g/mol. The summed E-state index contributed by atoms with van der Waals surface area (Å²) in [6, 6.07) is 7.74. The van der Waals surface area contributed by atoms with Crippen molar-refractivity contribution < 1.29 is 18.4 Å². The van der Waals surface area contributed by atoms with E-state index < -0.39 is 0 Å². The number of aromatic nitrogens is 1. The number of hydrogen-bond acceptors (Lipinski definition) is 5. The molecular weight excluding hydrogens is 357 g/mol. The van der Waals surface area contributed by atoms with Gasteiger partial charge in [-0.2, -0.15) is 0 Å². The highest BCUT2D eigenvalue weighted by Crippen LogP contribution is 2.18. The van der Waals surface area contributed by atoms with Crippen LogP contribution in [0, 0.1) is 12.7 Å². The fourth-order valence-electron chi connectivity index (χ4n) is 2.18. The van der Waals surface area contributed by atoms with Gasteiger partial charge in [0.2, 0.25) is 5.91 Å². The van der Waals surface area contributed by atoms with E-state index in [1.807, 2.05) is 0 Å². The molecule has 0 aliphatic heterocycles. The lowest BCUT2D eigenvalue weighted by molar-refractivity contribution is -0.116. The molecule has 134 valence electrons. The molecule has 1 aromatic carbocycles. The summed E-state index contributed by atoms with van der Waals surface area (Å²) in [5.41, 5.74) is 1.63. The Morgan fingerprint density at radius 3 is 2.85 bits per heavy atom. The van der Waals surface area contributed by atoms with Crippen molar-refractivity contribution in [3.8, 4) is 0 Å². The molecule has 0 radical (unpaired) electrons. The van der Waals surface area contributed by atoms with E-state index in [2.05, 4.69) is 15.6 Å². The number of furan rings is 1. The van der Waals surface area contributed by atoms with Crippen LogP contribution in [-0.2, 0) is 11.2 Å². The van der Waals surface area contributed by atoms with Crippen molar-refractivity contribution in [1.29, 1.82) is 0 Å². The topological polar surface area (TPSA) is 84.2 Å². The zero-order chi connectivity index (χ0) is 18.5. The summed E-state index contributed by atoms with van der Waals surface area (Å²) in [4.78, 5) is 28.1. The smallest absolute Gasteiger partial charge is 0.293 e. The van der Waals surface area contributed by atoms with Crippen LogP contribution in [0.2, 0.25) is 0 Å². The molecule has 26 heavy (non-hydrogen) atoms. The van der Waals surface area contributed by atoms with E-state index in [9.17, 15) is 14.0 Å². The second-order valence-electron chi connectivity index (χ2n) is 5.59. The van der Waals surface area contributed by atoms with Gasteiger partial charge >= 0.3 is 0 Å². The standard InChI is InChI=1S/C18H16FN3O3S/c1-11-4-5-12(9-14(11)19)20-16(23)7-6-13-10-26-18(21-13)22-17(24)15-3-2-8-25-15/h2-5,8-10H,6-7H2,1H3,(H,20,23)(H,21,22,24). The maximum absolute atomic E-state index is 13.5. The number of hydrogen-bond donors (Lipinski definition) is 2. The maximum atomic E-state index is 13.5. The van der Waals surface area contributed by atoms with Gasteiger partial charge in [-0.05, 0) is 43.2 Å². The van der Waals surface area contributed by atoms with Crippen LogP contribution in [-0.4, -0.2) is 16.8 Å². The summed E-state index contributed by atoms with van der Waals surface area (Å²) >= 11 is 1.27. The van der Waals surface area contributed by atoms with Crippen molar-refractivity contribution in [2.45, 2.75) is 19.8 Å². The summed E-state index contributed by atoms with van der Waals surface area (Å²) in [6.45, 7) is 1.66. The Kier molecular flexibility index (Phi) is 5.43. The fourth-order valence-corrected chi connectivity index (χ4v) is 2.92. The number of thiazole rings is 1. The van der Waals surface area contributed by atoms with E-state index in [0.29, 0.717) is 28.5 Å². The third-order valence-corrected chi connectivity index (χ3v) is 4.39. The third kappa shape index (κ3) is 4.54. The summed E-state index contributed by atoms with van der Waals surface area (Å²) in [5.74, 6) is -0.775. The van der Waals surface area contributed by atoms with E-state index in [1.54, 1.807) is 36.6 Å². The molecule has 8 heteroatoms. The van der Waals surface area contributed by atoms with Gasteiger partial charge in [0.25, 0.3) is 5.91 Å². The van der Waals surface area contributed by atoms with Crippen molar-refractivity contribution in [3.05, 3.63) is 64.8 Å². The lowest BCUT2D eigenvalue weighted by Crippen LogP contribution is -2.13. The van der Waals surface area contributed by atoms with E-state index >= 15 is 0 Å². The van der Waals surface area contributed by atoms with Crippen molar-refractivity contribution in [3.63, 3.8) is 0 Å². The summed E-state index contributed by atoms with van der Waals surface area (Å²) in [7, 11) is 0. The molecule has 0 saturated heterocycles. The second-order valence-corrected chi connectivity index (χ2v) is 6.45. The number of aryl methyl sites for hydroxylation is 2. The van der Waals surface area contributed by atoms with Gasteiger partial charge in [0, 0.05) is 17.5 Å². The van der Waals surface area contributed by atoms with Gasteiger partial charge in [-0.15, -0.1) is 11.3 Å². The van der Waals surface area contributed by atoms with E-state index in [1.165, 1.54) is 23.7 Å². The molecule has 3 rings (SSSR count). The number of halogens is 1. The zero-order valence-electron chi connectivity index (χ0n) is 13.9. The highest BCUT2D eigenvalue weighted by Gasteiger charge is 2.12. The molecule has 0 spiro atoms. The molecule has 2 aromatic heterocycles. The first-order valence-electron chi connectivity index (χ1n) is 7.86. The average Bonchev–Trinajstić information content (AvgIpc) is 3.28. The summed E-state index contributed by atoms with van der Waals surface area (Å²) < 4.78 is 18.5. The molecule has 0 saturated carbocycles. The Hall–Kier alpha value is -3.00. The van der Waals surface area contributed by atoms with Crippen LogP contribution < -0.4 is 10.6 Å². The summed E-state index contributed by atoms with van der Waals surface area (Å²) in [5, 5.41) is 7.50. The number of nitrogens with zero attached hydrogens (tertiary/aromatic N) is 1. The first-order chi connectivity index (χ1) is 12.5. The number of carbonyl (C=O) groups excluding carboxylic acids is 2. The minimum Gasteiger partial charge on any atom is -0.459 e. The first-order valence-corrected chi connectivity index (χ1v) is 8.74. The Morgan fingerprint density at radius 2 is 2.12 bits per heavy atom.